The van der Waals surface area contributed by atoms with Crippen molar-refractivity contribution in [2.45, 2.75) is 12.1 Å². The molecule has 0 aromatic heterocycles. The molecule has 0 aliphatic carbocycles. The molecule has 80 valence electrons. The highest BCUT2D eigenvalue weighted by atomic mass is 16.4. The van der Waals surface area contributed by atoms with Gasteiger partial charge in [-0.1, -0.05) is 18.2 Å². The van der Waals surface area contributed by atoms with Gasteiger partial charge >= 0.3 is 6.09 Å². The Kier molecular flexibility index (Phi) is 2.47. The zero-order chi connectivity index (χ0) is 10.8. The molecule has 1 amide bonds. The molecule has 1 fully saturated rings. The van der Waals surface area contributed by atoms with Crippen molar-refractivity contribution in [3.63, 3.8) is 0 Å². The highest BCUT2D eigenvalue weighted by molar-refractivity contribution is 5.61. The van der Waals surface area contributed by atoms with Crippen LogP contribution in [0.3, 0.4) is 0 Å². The van der Waals surface area contributed by atoms with Crippen molar-refractivity contribution in [3.8, 4) is 0 Å². The van der Waals surface area contributed by atoms with E-state index in [0.717, 1.165) is 6.54 Å². The van der Waals surface area contributed by atoms with Crippen LogP contribution in [0.1, 0.15) is 11.6 Å². The summed E-state index contributed by atoms with van der Waals surface area (Å²) in [5, 5.41) is 14.0. The minimum Gasteiger partial charge on any atom is -0.465 e. The third-order valence-electron chi connectivity index (χ3n) is 2.50. The van der Waals surface area contributed by atoms with Crippen LogP contribution in [0.5, 0.6) is 0 Å². The van der Waals surface area contributed by atoms with Gasteiger partial charge in [0.2, 0.25) is 0 Å². The van der Waals surface area contributed by atoms with Crippen molar-refractivity contribution in [2.75, 3.05) is 11.9 Å². The van der Waals surface area contributed by atoms with Crippen LogP contribution in [-0.4, -0.2) is 23.8 Å². The largest absolute Gasteiger partial charge is 0.465 e. The second kappa shape index (κ2) is 3.78. The normalized spacial score (nSPS) is 24.8. The average Bonchev–Trinajstić information content (AvgIpc) is 2.96. The Morgan fingerprint density at radius 2 is 2.13 bits per heavy atom. The summed E-state index contributed by atoms with van der Waals surface area (Å²) in [5.41, 5.74) is 6.77. The lowest BCUT2D eigenvalue weighted by molar-refractivity contribution is 0.205. The van der Waals surface area contributed by atoms with Gasteiger partial charge in [-0.3, -0.25) is 0 Å². The fourth-order valence-electron chi connectivity index (χ4n) is 1.81. The number of anilines is 1. The van der Waals surface area contributed by atoms with E-state index in [1.807, 2.05) is 0 Å². The van der Waals surface area contributed by atoms with E-state index in [9.17, 15) is 0 Å². The Morgan fingerprint density at radius 3 is 2.87 bits per heavy atom. The molecule has 1 saturated heterocycles. The minimum absolute atomic E-state index is 0.646. The number of carbonyl (C=O) groups is 1. The van der Waals surface area contributed by atoms with E-state index in [1.165, 1.54) is 11.3 Å². The van der Waals surface area contributed by atoms with Gasteiger partial charge in [0, 0.05) is 18.3 Å². The first-order valence-corrected chi connectivity index (χ1v) is 4.75. The summed E-state index contributed by atoms with van der Waals surface area (Å²) in [6.45, 7) is 1.08. The van der Waals surface area contributed by atoms with Gasteiger partial charge in [-0.15, -0.1) is 0 Å². The Hall–Kier alpha value is -1.75. The van der Waals surface area contributed by atoms with Gasteiger partial charge in [0.25, 0.3) is 0 Å². The van der Waals surface area contributed by atoms with Crippen LogP contribution in [0.4, 0.5) is 10.5 Å². The monoisotopic (exact) mass is 207 g/mol. The van der Waals surface area contributed by atoms with Gasteiger partial charge in [-0.2, -0.15) is 0 Å². The van der Waals surface area contributed by atoms with Crippen LogP contribution in [0, 0.1) is 0 Å². The summed E-state index contributed by atoms with van der Waals surface area (Å²) in [5.74, 6) is 0. The summed E-state index contributed by atoms with van der Waals surface area (Å²) in [7, 11) is 0. The SMILES string of the molecule is NC(=O)O.c1ccc2c(c1)NCC1NC21. The zero-order valence-corrected chi connectivity index (χ0v) is 8.10. The molecule has 2 aliphatic heterocycles. The molecular formula is C10H13N3O2. The highest BCUT2D eigenvalue weighted by Crippen LogP contribution is 2.38. The summed E-state index contributed by atoms with van der Waals surface area (Å²) in [6, 6.07) is 9.86. The van der Waals surface area contributed by atoms with Gasteiger partial charge in [-0.05, 0) is 11.6 Å². The summed E-state index contributed by atoms with van der Waals surface area (Å²) < 4.78 is 0. The minimum atomic E-state index is -1.33. The van der Waals surface area contributed by atoms with Gasteiger partial charge < -0.3 is 21.5 Å². The van der Waals surface area contributed by atoms with Crippen molar-refractivity contribution in [2.24, 2.45) is 5.73 Å². The molecule has 2 heterocycles. The number of hydrogen-bond donors (Lipinski definition) is 4. The number of fused-ring (bicyclic) bond motifs is 3. The lowest BCUT2D eigenvalue weighted by Gasteiger charge is -2.14. The topological polar surface area (TPSA) is 97.3 Å². The number of nitrogens with two attached hydrogens (primary N) is 1. The van der Waals surface area contributed by atoms with Crippen molar-refractivity contribution in [1.82, 2.24) is 5.32 Å². The van der Waals surface area contributed by atoms with Crippen molar-refractivity contribution >= 4 is 11.8 Å². The number of primary amides is 1. The number of amides is 1. The van der Waals surface area contributed by atoms with Crippen molar-refractivity contribution in [3.05, 3.63) is 29.8 Å². The molecule has 0 radical (unpaired) electrons. The van der Waals surface area contributed by atoms with Gasteiger partial charge in [-0.25, -0.2) is 4.79 Å². The molecular weight excluding hydrogens is 194 g/mol. The van der Waals surface area contributed by atoms with Crippen LogP contribution < -0.4 is 16.4 Å². The molecule has 0 saturated carbocycles. The van der Waals surface area contributed by atoms with Crippen LogP contribution in [0.2, 0.25) is 0 Å². The molecule has 2 unspecified atom stereocenters. The van der Waals surface area contributed by atoms with Crippen molar-refractivity contribution in [1.29, 1.82) is 0 Å². The van der Waals surface area contributed by atoms with Crippen LogP contribution in [0.25, 0.3) is 0 Å². The van der Waals surface area contributed by atoms with E-state index in [4.69, 9.17) is 9.90 Å². The van der Waals surface area contributed by atoms with Crippen LogP contribution in [0.15, 0.2) is 24.3 Å². The Morgan fingerprint density at radius 1 is 1.47 bits per heavy atom. The Bertz CT molecular complexity index is 377. The maximum atomic E-state index is 8.78. The van der Waals surface area contributed by atoms with E-state index in [-0.39, 0.29) is 0 Å². The number of rotatable bonds is 0. The molecule has 0 spiro atoms. The molecule has 1 aromatic carbocycles. The second-order valence-corrected chi connectivity index (χ2v) is 3.56. The van der Waals surface area contributed by atoms with Gasteiger partial charge in [0.05, 0.1) is 6.04 Å². The molecule has 0 bridgehead atoms. The fourth-order valence-corrected chi connectivity index (χ4v) is 1.81. The predicted molar refractivity (Wildman–Crippen MR) is 56.8 cm³/mol. The van der Waals surface area contributed by atoms with E-state index in [2.05, 4.69) is 40.6 Å². The maximum Gasteiger partial charge on any atom is 0.402 e. The zero-order valence-electron chi connectivity index (χ0n) is 8.10. The number of carboxylic acid groups (broad SMARTS) is 1. The third kappa shape index (κ3) is 2.19. The molecule has 5 N–H and O–H groups in total. The van der Waals surface area contributed by atoms with Crippen LogP contribution >= 0.6 is 0 Å². The van der Waals surface area contributed by atoms with E-state index in [1.54, 1.807) is 0 Å². The lowest BCUT2D eigenvalue weighted by Crippen LogP contribution is -2.15. The second-order valence-electron chi connectivity index (χ2n) is 3.56. The Labute approximate surface area is 87.3 Å². The van der Waals surface area contributed by atoms with E-state index < -0.39 is 6.09 Å². The summed E-state index contributed by atoms with van der Waals surface area (Å²) in [6.07, 6.45) is -1.33. The quantitative estimate of drug-likeness (QED) is 0.472. The molecule has 5 heteroatoms. The predicted octanol–water partition coefficient (Wildman–Crippen LogP) is 0.748. The Balaban J connectivity index is 0.000000188. The molecule has 3 rings (SSSR count). The summed E-state index contributed by atoms with van der Waals surface area (Å²) >= 11 is 0. The lowest BCUT2D eigenvalue weighted by atomic mass is 10.0. The molecule has 5 nitrogen and oxygen atoms in total. The highest BCUT2D eigenvalue weighted by Gasteiger charge is 2.41. The third-order valence-corrected chi connectivity index (χ3v) is 2.50. The summed E-state index contributed by atoms with van der Waals surface area (Å²) in [4.78, 5) is 8.78. The molecule has 1 aromatic rings. The molecule has 15 heavy (non-hydrogen) atoms. The number of hydrogen-bond acceptors (Lipinski definition) is 3. The van der Waals surface area contributed by atoms with Gasteiger partial charge in [0.15, 0.2) is 0 Å². The van der Waals surface area contributed by atoms with E-state index >= 15 is 0 Å². The van der Waals surface area contributed by atoms with Crippen LogP contribution in [-0.2, 0) is 0 Å². The fraction of sp³-hybridized carbons (Fsp3) is 0.300. The molecule has 2 atom stereocenters. The van der Waals surface area contributed by atoms with Gasteiger partial charge in [0.1, 0.15) is 0 Å². The average molecular weight is 207 g/mol. The first-order valence-electron chi connectivity index (χ1n) is 4.75. The first kappa shape index (κ1) is 9.79. The number of benzene rings is 1. The molecule has 2 aliphatic rings. The first-order chi connectivity index (χ1) is 7.18. The standard InChI is InChI=1S/C9H10N2.CH3NO2/c1-2-4-7-6(3-1)9-8(11-9)5-10-7;2-1(3)4/h1-4,8-11H,5H2;2H2,(H,3,4). The van der Waals surface area contributed by atoms with Crippen molar-refractivity contribution < 1.29 is 9.90 Å². The number of para-hydroxylation sites is 1. The number of nitrogens with one attached hydrogen (secondary N) is 2. The maximum absolute atomic E-state index is 8.78. The van der Waals surface area contributed by atoms with E-state index in [0.29, 0.717) is 12.1 Å². The smallest absolute Gasteiger partial charge is 0.402 e.